The van der Waals surface area contributed by atoms with E-state index in [4.69, 9.17) is 0 Å². The largest absolute Gasteiger partial charge is 0.378 e. The van der Waals surface area contributed by atoms with Crippen LogP contribution in [0.25, 0.3) is 0 Å². The van der Waals surface area contributed by atoms with Crippen LogP contribution in [0.5, 0.6) is 0 Å². The van der Waals surface area contributed by atoms with Gasteiger partial charge in [0.15, 0.2) is 5.78 Å². The quantitative estimate of drug-likeness (QED) is 0.786. The molecule has 4 rings (SSSR count). The van der Waals surface area contributed by atoms with Crippen LogP contribution >= 0.6 is 0 Å². The van der Waals surface area contributed by atoms with Gasteiger partial charge in [-0.1, -0.05) is 18.2 Å². The third kappa shape index (κ3) is 4.10. The van der Waals surface area contributed by atoms with Crippen LogP contribution in [0.4, 0.5) is 11.5 Å². The van der Waals surface area contributed by atoms with E-state index in [1.807, 2.05) is 63.2 Å². The van der Waals surface area contributed by atoms with Crippen molar-refractivity contribution in [1.82, 2.24) is 10.3 Å². The number of benzene rings is 1. The zero-order chi connectivity index (χ0) is 22.1. The van der Waals surface area contributed by atoms with E-state index in [0.717, 1.165) is 46.6 Å². The number of aryl methyl sites for hydroxylation is 1. The minimum atomic E-state index is -0.397. The van der Waals surface area contributed by atoms with Gasteiger partial charge in [-0.3, -0.25) is 9.59 Å². The van der Waals surface area contributed by atoms with Crippen LogP contribution in [-0.4, -0.2) is 30.8 Å². The molecule has 1 atom stereocenters. The number of Topliss-reactive ketones (excluding diaryl/α,β-unsaturated/α-hetero) is 1. The van der Waals surface area contributed by atoms with E-state index in [0.29, 0.717) is 17.8 Å². The van der Waals surface area contributed by atoms with Crippen LogP contribution in [0.2, 0.25) is 0 Å². The Morgan fingerprint density at radius 1 is 1.10 bits per heavy atom. The van der Waals surface area contributed by atoms with Crippen LogP contribution in [0.3, 0.4) is 0 Å². The fourth-order valence-corrected chi connectivity index (χ4v) is 4.31. The molecule has 0 fully saturated rings. The highest BCUT2D eigenvalue weighted by atomic mass is 16.2. The lowest BCUT2D eigenvalue weighted by molar-refractivity contribution is -0.116. The summed E-state index contributed by atoms with van der Waals surface area (Å²) in [5.74, 6) is -0.0345. The molecule has 0 bridgehead atoms. The summed E-state index contributed by atoms with van der Waals surface area (Å²) in [6.45, 7) is 3.86. The monoisotopic (exact) mass is 416 g/mol. The number of nitrogens with one attached hydrogen (secondary N) is 2. The summed E-state index contributed by atoms with van der Waals surface area (Å²) in [5.41, 5.74) is 6.04. The van der Waals surface area contributed by atoms with Crippen molar-refractivity contribution in [3.63, 3.8) is 0 Å². The molecule has 1 aromatic carbocycles. The van der Waals surface area contributed by atoms with Gasteiger partial charge in [-0.15, -0.1) is 0 Å². The molecule has 1 unspecified atom stereocenters. The summed E-state index contributed by atoms with van der Waals surface area (Å²) in [5, 5.41) is 6.27. The number of amides is 1. The highest BCUT2D eigenvalue weighted by Gasteiger charge is 2.38. The van der Waals surface area contributed by atoms with Gasteiger partial charge in [0.1, 0.15) is 5.82 Å². The lowest BCUT2D eigenvalue weighted by Crippen LogP contribution is -2.35. The van der Waals surface area contributed by atoms with Gasteiger partial charge >= 0.3 is 0 Å². The van der Waals surface area contributed by atoms with Crippen LogP contribution in [-0.2, 0) is 9.59 Å². The summed E-state index contributed by atoms with van der Waals surface area (Å²) in [4.78, 5) is 32.7. The second kappa shape index (κ2) is 8.38. The molecule has 6 nitrogen and oxygen atoms in total. The highest BCUT2D eigenvalue weighted by molar-refractivity contribution is 6.09. The molecule has 0 radical (unpaired) electrons. The lowest BCUT2D eigenvalue weighted by atomic mass is 9.75. The number of aromatic nitrogens is 1. The van der Waals surface area contributed by atoms with Gasteiger partial charge in [0.2, 0.25) is 0 Å². The maximum absolute atomic E-state index is 13.4. The number of allylic oxidation sites excluding steroid dienone is 3. The smallest absolute Gasteiger partial charge is 0.255 e. The molecular weight excluding hydrogens is 388 g/mol. The van der Waals surface area contributed by atoms with Crippen LogP contribution in [0, 0.1) is 6.92 Å². The number of hydrogen-bond acceptors (Lipinski definition) is 5. The zero-order valence-electron chi connectivity index (χ0n) is 18.5. The van der Waals surface area contributed by atoms with Crippen LogP contribution in [0.1, 0.15) is 43.2 Å². The van der Waals surface area contributed by atoms with Gasteiger partial charge < -0.3 is 15.5 Å². The number of hydrogen-bond donors (Lipinski definition) is 2. The molecule has 0 saturated heterocycles. The average molecular weight is 417 g/mol. The van der Waals surface area contributed by atoms with Crippen molar-refractivity contribution < 1.29 is 9.59 Å². The second-order valence-electron chi connectivity index (χ2n) is 8.43. The Labute approximate surface area is 183 Å². The number of dihydropyridines is 1. The molecule has 2 heterocycles. The Balaban J connectivity index is 1.76. The van der Waals surface area contributed by atoms with Crippen molar-refractivity contribution in [2.75, 3.05) is 24.3 Å². The molecule has 1 aromatic heterocycles. The van der Waals surface area contributed by atoms with E-state index in [2.05, 4.69) is 15.6 Å². The number of nitrogens with zero attached hydrogens (tertiary/aromatic N) is 2. The van der Waals surface area contributed by atoms with E-state index in [1.165, 1.54) is 0 Å². The molecule has 0 saturated carbocycles. The first kappa shape index (κ1) is 20.8. The molecule has 1 aliphatic heterocycles. The van der Waals surface area contributed by atoms with E-state index in [1.54, 1.807) is 12.3 Å². The fraction of sp³-hybridized carbons (Fsp3) is 0.320. The Kier molecular flexibility index (Phi) is 5.63. The summed E-state index contributed by atoms with van der Waals surface area (Å²) < 4.78 is 0. The molecule has 1 amide bonds. The van der Waals surface area contributed by atoms with Gasteiger partial charge in [-0.25, -0.2) is 4.98 Å². The minimum Gasteiger partial charge on any atom is -0.378 e. The van der Waals surface area contributed by atoms with Crippen molar-refractivity contribution in [2.24, 2.45) is 0 Å². The molecule has 2 N–H and O–H groups in total. The number of anilines is 2. The Bertz CT molecular complexity index is 1080. The first-order valence-corrected chi connectivity index (χ1v) is 10.6. The third-order valence-corrected chi connectivity index (χ3v) is 5.92. The Hall–Kier alpha value is -3.41. The Morgan fingerprint density at radius 2 is 1.84 bits per heavy atom. The van der Waals surface area contributed by atoms with E-state index >= 15 is 0 Å². The van der Waals surface area contributed by atoms with E-state index in [9.17, 15) is 9.59 Å². The molecule has 31 heavy (non-hydrogen) atoms. The SMILES string of the molecule is CC1=C(C(=O)Nc2ccc(C)cn2)C(c2ccc(N(C)C)cc2)C2=C(CCCC2=O)N1. The van der Waals surface area contributed by atoms with E-state index < -0.39 is 5.92 Å². The number of carbonyl (C=O) groups is 2. The van der Waals surface area contributed by atoms with Crippen molar-refractivity contribution in [1.29, 1.82) is 0 Å². The molecule has 1 aliphatic carbocycles. The molecule has 6 heteroatoms. The third-order valence-electron chi connectivity index (χ3n) is 5.92. The van der Waals surface area contributed by atoms with Crippen molar-refractivity contribution in [2.45, 2.75) is 39.0 Å². The number of rotatable bonds is 4. The molecule has 2 aliphatic rings. The summed E-state index contributed by atoms with van der Waals surface area (Å²) >= 11 is 0. The van der Waals surface area contributed by atoms with Gasteiger partial charge in [-0.05, 0) is 56.0 Å². The first-order valence-electron chi connectivity index (χ1n) is 10.6. The first-order chi connectivity index (χ1) is 14.8. The van der Waals surface area contributed by atoms with Crippen LogP contribution in [0.15, 0.2) is 65.1 Å². The highest BCUT2D eigenvalue weighted by Crippen LogP contribution is 2.42. The van der Waals surface area contributed by atoms with Gasteiger partial charge in [0.25, 0.3) is 5.91 Å². The van der Waals surface area contributed by atoms with Crippen LogP contribution < -0.4 is 15.5 Å². The van der Waals surface area contributed by atoms with Crippen molar-refractivity contribution in [3.05, 3.63) is 76.3 Å². The van der Waals surface area contributed by atoms with Crippen molar-refractivity contribution in [3.8, 4) is 0 Å². The fourth-order valence-electron chi connectivity index (χ4n) is 4.31. The predicted molar refractivity (Wildman–Crippen MR) is 123 cm³/mol. The second-order valence-corrected chi connectivity index (χ2v) is 8.43. The average Bonchev–Trinajstić information content (AvgIpc) is 2.74. The summed E-state index contributed by atoms with van der Waals surface area (Å²) in [6.07, 6.45) is 3.89. The molecule has 2 aromatic rings. The molecular formula is C25H28N4O2. The summed E-state index contributed by atoms with van der Waals surface area (Å²) in [6, 6.07) is 11.8. The zero-order valence-corrected chi connectivity index (χ0v) is 18.5. The standard InChI is InChI=1S/C25H28N4O2/c1-15-8-13-21(26-14-15)28-25(31)22-16(2)27-19-6-5-7-20(30)24(19)23(22)17-9-11-18(12-10-17)29(3)4/h8-14,23,27H,5-7H2,1-4H3,(H,26,28,31). The predicted octanol–water partition coefficient (Wildman–Crippen LogP) is 4.06. The molecule has 160 valence electrons. The minimum absolute atomic E-state index is 0.113. The number of carbonyl (C=O) groups excluding carboxylic acids is 2. The molecule has 0 spiro atoms. The normalized spacial score (nSPS) is 18.5. The van der Waals surface area contributed by atoms with Gasteiger partial charge in [0, 0.05) is 60.9 Å². The lowest BCUT2D eigenvalue weighted by Gasteiger charge is -2.34. The number of pyridine rings is 1. The van der Waals surface area contributed by atoms with Gasteiger partial charge in [0.05, 0.1) is 0 Å². The van der Waals surface area contributed by atoms with E-state index in [-0.39, 0.29) is 11.7 Å². The summed E-state index contributed by atoms with van der Waals surface area (Å²) in [7, 11) is 3.98. The topological polar surface area (TPSA) is 74.3 Å². The Morgan fingerprint density at radius 3 is 2.48 bits per heavy atom. The number of ketones is 1. The van der Waals surface area contributed by atoms with Gasteiger partial charge in [-0.2, -0.15) is 0 Å². The maximum atomic E-state index is 13.4. The maximum Gasteiger partial charge on any atom is 0.255 e. The van der Waals surface area contributed by atoms with Crippen molar-refractivity contribution >= 4 is 23.2 Å².